The molecule has 0 atom stereocenters. The quantitative estimate of drug-likeness (QED) is 0.611. The van der Waals surface area contributed by atoms with Crippen molar-refractivity contribution in [2.24, 2.45) is 0 Å². The average Bonchev–Trinajstić information content (AvgIpc) is 2.66. The molecule has 0 aliphatic heterocycles. The Morgan fingerprint density at radius 2 is 1.69 bits per heavy atom. The summed E-state index contributed by atoms with van der Waals surface area (Å²) in [6.07, 6.45) is 3.32. The first-order valence-corrected chi connectivity index (χ1v) is 9.96. The Hall–Kier alpha value is -2.31. The fraction of sp³-hybridized carbons (Fsp3) is 0.150. The van der Waals surface area contributed by atoms with Gasteiger partial charge in [-0.25, -0.2) is 9.97 Å². The second kappa shape index (κ2) is 8.87. The molecule has 0 saturated carbocycles. The molecule has 3 rings (SSSR count). The zero-order chi connectivity index (χ0) is 18.4. The lowest BCUT2D eigenvalue weighted by molar-refractivity contribution is -0.113. The van der Waals surface area contributed by atoms with Gasteiger partial charge in [0.2, 0.25) is 5.91 Å². The minimum Gasteiger partial charge on any atom is -0.325 e. The lowest BCUT2D eigenvalue weighted by Crippen LogP contribution is -2.15. The third-order valence-corrected chi connectivity index (χ3v) is 5.92. The number of aromatic nitrogens is 2. The van der Waals surface area contributed by atoms with Crippen LogP contribution < -0.4 is 5.32 Å². The number of carbonyl (C=O) groups excluding carboxylic acids is 1. The molecule has 0 unspecified atom stereocenters. The Morgan fingerprint density at radius 3 is 2.46 bits per heavy atom. The van der Waals surface area contributed by atoms with Crippen LogP contribution in [0.2, 0.25) is 0 Å². The third-order valence-electron chi connectivity index (χ3n) is 3.81. The van der Waals surface area contributed by atoms with Crippen molar-refractivity contribution in [2.45, 2.75) is 28.8 Å². The van der Waals surface area contributed by atoms with E-state index in [4.69, 9.17) is 0 Å². The number of hydrogen-bond acceptors (Lipinski definition) is 5. The van der Waals surface area contributed by atoms with Crippen molar-refractivity contribution in [2.75, 3.05) is 11.1 Å². The lowest BCUT2D eigenvalue weighted by atomic mass is 10.1. The number of nitrogens with one attached hydrogen (secondary N) is 1. The van der Waals surface area contributed by atoms with Crippen LogP contribution in [0.4, 0.5) is 5.69 Å². The fourth-order valence-corrected chi connectivity index (χ4v) is 4.01. The summed E-state index contributed by atoms with van der Waals surface area (Å²) in [5.41, 5.74) is 3.10. The number of thioether (sulfide) groups is 1. The molecule has 1 N–H and O–H groups in total. The van der Waals surface area contributed by atoms with Crippen molar-refractivity contribution < 1.29 is 4.79 Å². The number of rotatable bonds is 6. The van der Waals surface area contributed by atoms with E-state index in [0.29, 0.717) is 0 Å². The summed E-state index contributed by atoms with van der Waals surface area (Å²) >= 11 is 2.95. The van der Waals surface area contributed by atoms with Crippen molar-refractivity contribution >= 4 is 35.1 Å². The molecule has 4 nitrogen and oxygen atoms in total. The van der Waals surface area contributed by atoms with Crippen LogP contribution in [0.1, 0.15) is 11.1 Å². The van der Waals surface area contributed by atoms with E-state index >= 15 is 0 Å². The van der Waals surface area contributed by atoms with Crippen molar-refractivity contribution in [3.63, 3.8) is 0 Å². The van der Waals surface area contributed by atoms with E-state index in [1.807, 2.05) is 62.4 Å². The summed E-state index contributed by atoms with van der Waals surface area (Å²) < 4.78 is 0. The number of aryl methyl sites for hydroxylation is 1. The number of hydrogen-bond donors (Lipinski definition) is 1. The molecule has 0 saturated heterocycles. The smallest absolute Gasteiger partial charge is 0.234 e. The topological polar surface area (TPSA) is 54.9 Å². The summed E-state index contributed by atoms with van der Waals surface area (Å²) in [7, 11) is 0. The number of benzene rings is 2. The van der Waals surface area contributed by atoms with Crippen molar-refractivity contribution in [1.29, 1.82) is 0 Å². The molecule has 1 heterocycles. The Labute approximate surface area is 161 Å². The molecular formula is C20H19N3OS2. The molecule has 26 heavy (non-hydrogen) atoms. The van der Waals surface area contributed by atoms with E-state index in [0.717, 1.165) is 31.8 Å². The van der Waals surface area contributed by atoms with Gasteiger partial charge >= 0.3 is 0 Å². The van der Waals surface area contributed by atoms with Gasteiger partial charge in [0.1, 0.15) is 10.1 Å². The molecule has 132 valence electrons. The predicted octanol–water partition coefficient (Wildman–Crippen LogP) is 4.98. The van der Waals surface area contributed by atoms with Gasteiger partial charge in [-0.15, -0.1) is 0 Å². The van der Waals surface area contributed by atoms with Gasteiger partial charge in [0.25, 0.3) is 0 Å². The summed E-state index contributed by atoms with van der Waals surface area (Å²) in [6.45, 7) is 4.04. The minimum atomic E-state index is -0.0509. The first-order valence-electron chi connectivity index (χ1n) is 8.16. The minimum absolute atomic E-state index is 0.0509. The molecule has 0 aliphatic rings. The lowest BCUT2D eigenvalue weighted by Gasteiger charge is -2.10. The maximum atomic E-state index is 12.3. The first kappa shape index (κ1) is 18.5. The molecule has 3 aromatic rings. The highest BCUT2D eigenvalue weighted by Gasteiger charge is 2.11. The normalized spacial score (nSPS) is 10.5. The van der Waals surface area contributed by atoms with Crippen LogP contribution in [0.3, 0.4) is 0 Å². The molecule has 0 fully saturated rings. The highest BCUT2D eigenvalue weighted by atomic mass is 32.2. The van der Waals surface area contributed by atoms with Gasteiger partial charge in [0, 0.05) is 23.0 Å². The summed E-state index contributed by atoms with van der Waals surface area (Å²) in [6, 6.07) is 15.9. The second-order valence-electron chi connectivity index (χ2n) is 5.67. The van der Waals surface area contributed by atoms with E-state index in [2.05, 4.69) is 15.3 Å². The van der Waals surface area contributed by atoms with Gasteiger partial charge in [-0.3, -0.25) is 4.79 Å². The summed E-state index contributed by atoms with van der Waals surface area (Å²) in [5, 5.41) is 4.55. The van der Waals surface area contributed by atoms with E-state index in [1.54, 1.807) is 24.2 Å². The molecule has 0 radical (unpaired) electrons. The van der Waals surface area contributed by atoms with Crippen LogP contribution in [-0.2, 0) is 4.79 Å². The third kappa shape index (κ3) is 4.86. The van der Waals surface area contributed by atoms with E-state index < -0.39 is 0 Å². The van der Waals surface area contributed by atoms with Gasteiger partial charge in [-0.05, 0) is 43.2 Å². The highest BCUT2D eigenvalue weighted by molar-refractivity contribution is 8.02. The molecule has 1 amide bonds. The van der Waals surface area contributed by atoms with Crippen LogP contribution in [0.15, 0.2) is 75.9 Å². The molecule has 2 aromatic carbocycles. The zero-order valence-electron chi connectivity index (χ0n) is 14.6. The SMILES string of the molecule is Cc1cccc(NC(=O)CSc2nccnc2Sc2ccccc2)c1C. The van der Waals surface area contributed by atoms with Crippen LogP contribution in [0, 0.1) is 13.8 Å². The molecule has 0 bridgehead atoms. The monoisotopic (exact) mass is 381 g/mol. The van der Waals surface area contributed by atoms with E-state index in [1.165, 1.54) is 11.8 Å². The van der Waals surface area contributed by atoms with Gasteiger partial charge in [0.15, 0.2) is 0 Å². The van der Waals surface area contributed by atoms with Crippen molar-refractivity contribution in [1.82, 2.24) is 9.97 Å². The number of amides is 1. The molecule has 1 aromatic heterocycles. The van der Waals surface area contributed by atoms with Crippen molar-refractivity contribution in [3.8, 4) is 0 Å². The van der Waals surface area contributed by atoms with Crippen LogP contribution in [0.25, 0.3) is 0 Å². The number of nitrogens with zero attached hydrogens (tertiary/aromatic N) is 2. The second-order valence-corrected chi connectivity index (χ2v) is 7.69. The van der Waals surface area contributed by atoms with Crippen molar-refractivity contribution in [3.05, 3.63) is 72.1 Å². The Morgan fingerprint density at radius 1 is 0.962 bits per heavy atom. The maximum absolute atomic E-state index is 12.3. The number of carbonyl (C=O) groups is 1. The summed E-state index contributed by atoms with van der Waals surface area (Å²) in [5.74, 6) is 0.235. The maximum Gasteiger partial charge on any atom is 0.234 e. The molecule has 0 aliphatic carbocycles. The van der Waals surface area contributed by atoms with Gasteiger partial charge in [-0.1, -0.05) is 53.9 Å². The highest BCUT2D eigenvalue weighted by Crippen LogP contribution is 2.32. The van der Waals surface area contributed by atoms with Crippen LogP contribution >= 0.6 is 23.5 Å². The standard InChI is InChI=1S/C20H19N3OS2/c1-14-7-6-10-17(15(14)2)23-18(24)13-25-19-20(22-12-11-21-19)26-16-8-4-3-5-9-16/h3-12H,13H2,1-2H3,(H,23,24). The first-order chi connectivity index (χ1) is 12.6. The summed E-state index contributed by atoms with van der Waals surface area (Å²) in [4.78, 5) is 22.2. The van der Waals surface area contributed by atoms with E-state index in [-0.39, 0.29) is 11.7 Å². The van der Waals surface area contributed by atoms with Crippen LogP contribution in [0.5, 0.6) is 0 Å². The Balaban J connectivity index is 1.64. The molecule has 0 spiro atoms. The largest absolute Gasteiger partial charge is 0.325 e. The fourth-order valence-electron chi connectivity index (χ4n) is 2.29. The zero-order valence-corrected chi connectivity index (χ0v) is 16.2. The Kier molecular flexibility index (Phi) is 6.30. The molecular weight excluding hydrogens is 362 g/mol. The molecule has 6 heteroatoms. The Bertz CT molecular complexity index is 901. The van der Waals surface area contributed by atoms with Gasteiger partial charge in [-0.2, -0.15) is 0 Å². The predicted molar refractivity (Wildman–Crippen MR) is 108 cm³/mol. The number of anilines is 1. The van der Waals surface area contributed by atoms with Gasteiger partial charge < -0.3 is 5.32 Å². The van der Waals surface area contributed by atoms with E-state index in [9.17, 15) is 4.79 Å². The van der Waals surface area contributed by atoms with Crippen LogP contribution in [-0.4, -0.2) is 21.6 Å². The van der Waals surface area contributed by atoms with Gasteiger partial charge in [0.05, 0.1) is 5.75 Å². The average molecular weight is 382 g/mol.